The second kappa shape index (κ2) is 8.50. The van der Waals surface area contributed by atoms with Crippen molar-refractivity contribution in [1.82, 2.24) is 10.2 Å². The van der Waals surface area contributed by atoms with E-state index < -0.39 is 0 Å². The first-order chi connectivity index (χ1) is 13.6. The highest BCUT2D eigenvalue weighted by molar-refractivity contribution is 7.10. The summed E-state index contributed by atoms with van der Waals surface area (Å²) in [4.78, 5) is 16.8. The first kappa shape index (κ1) is 19.2. The zero-order chi connectivity index (χ0) is 19.5. The van der Waals surface area contributed by atoms with Crippen LogP contribution >= 0.6 is 11.3 Å². The molecule has 0 unspecified atom stereocenters. The third-order valence-electron chi connectivity index (χ3n) is 5.71. The van der Waals surface area contributed by atoms with Gasteiger partial charge in [-0.05, 0) is 62.9 Å². The quantitative estimate of drug-likeness (QED) is 0.623. The molecule has 0 spiro atoms. The lowest BCUT2D eigenvalue weighted by molar-refractivity contribution is 0.0907. The van der Waals surface area contributed by atoms with Crippen molar-refractivity contribution in [2.45, 2.75) is 45.6 Å². The van der Waals surface area contributed by atoms with Crippen LogP contribution in [-0.2, 0) is 0 Å². The van der Waals surface area contributed by atoms with Crippen LogP contribution in [0.4, 0.5) is 0 Å². The SMILES string of the molecule is Cc1ccc2c(C)c(C(=O)NC[C@H](c3cccs3)N3CCCCCC3)oc2c1. The maximum atomic E-state index is 12.9. The van der Waals surface area contributed by atoms with Gasteiger partial charge in [0.2, 0.25) is 0 Å². The van der Waals surface area contributed by atoms with Gasteiger partial charge >= 0.3 is 0 Å². The molecule has 4 rings (SSSR count). The normalized spacial score (nSPS) is 16.8. The van der Waals surface area contributed by atoms with Crippen LogP contribution < -0.4 is 5.32 Å². The number of hydrogen-bond acceptors (Lipinski definition) is 4. The van der Waals surface area contributed by atoms with Gasteiger partial charge in [0.05, 0.1) is 6.04 Å². The van der Waals surface area contributed by atoms with Crippen LogP contribution in [-0.4, -0.2) is 30.4 Å². The van der Waals surface area contributed by atoms with E-state index in [9.17, 15) is 4.79 Å². The average molecular weight is 397 g/mol. The van der Waals surface area contributed by atoms with Crippen molar-refractivity contribution >= 4 is 28.2 Å². The summed E-state index contributed by atoms with van der Waals surface area (Å²) in [6.45, 7) is 6.79. The minimum absolute atomic E-state index is 0.122. The Morgan fingerprint density at radius 2 is 1.96 bits per heavy atom. The fourth-order valence-electron chi connectivity index (χ4n) is 4.12. The van der Waals surface area contributed by atoms with Gasteiger partial charge in [0.15, 0.2) is 5.76 Å². The number of carbonyl (C=O) groups excluding carboxylic acids is 1. The zero-order valence-corrected chi connectivity index (χ0v) is 17.5. The van der Waals surface area contributed by atoms with Crippen LogP contribution in [0.2, 0.25) is 0 Å². The number of fused-ring (bicyclic) bond motifs is 1. The number of likely N-dealkylation sites (tertiary alicyclic amines) is 1. The number of benzene rings is 1. The lowest BCUT2D eigenvalue weighted by Crippen LogP contribution is -2.38. The molecule has 148 valence electrons. The van der Waals surface area contributed by atoms with Crippen molar-refractivity contribution in [3.8, 4) is 0 Å². The summed E-state index contributed by atoms with van der Waals surface area (Å²) >= 11 is 1.77. The van der Waals surface area contributed by atoms with E-state index in [4.69, 9.17) is 4.42 Å². The monoisotopic (exact) mass is 396 g/mol. The lowest BCUT2D eigenvalue weighted by atomic mass is 10.1. The summed E-state index contributed by atoms with van der Waals surface area (Å²) in [6.07, 6.45) is 5.07. The molecule has 1 saturated heterocycles. The molecule has 1 fully saturated rings. The number of carbonyl (C=O) groups is 1. The number of nitrogens with zero attached hydrogens (tertiary/aromatic N) is 1. The summed E-state index contributed by atoms with van der Waals surface area (Å²) in [5.41, 5.74) is 2.83. The number of amides is 1. The predicted molar refractivity (Wildman–Crippen MR) is 115 cm³/mol. The molecular weight excluding hydrogens is 368 g/mol. The Balaban J connectivity index is 1.52. The topological polar surface area (TPSA) is 45.5 Å². The third kappa shape index (κ3) is 4.01. The molecule has 1 atom stereocenters. The fraction of sp³-hybridized carbons (Fsp3) is 0.435. The maximum Gasteiger partial charge on any atom is 0.287 e. The Hall–Kier alpha value is -2.11. The van der Waals surface area contributed by atoms with E-state index in [0.29, 0.717) is 12.3 Å². The molecule has 3 aromatic rings. The van der Waals surface area contributed by atoms with Crippen molar-refractivity contribution < 1.29 is 9.21 Å². The van der Waals surface area contributed by atoms with Gasteiger partial charge in [-0.25, -0.2) is 0 Å². The maximum absolute atomic E-state index is 12.9. The molecule has 1 amide bonds. The van der Waals surface area contributed by atoms with Crippen LogP contribution in [0.5, 0.6) is 0 Å². The van der Waals surface area contributed by atoms with Gasteiger partial charge < -0.3 is 9.73 Å². The molecule has 1 aromatic carbocycles. The Morgan fingerprint density at radius 3 is 2.68 bits per heavy atom. The van der Waals surface area contributed by atoms with Crippen LogP contribution in [0.15, 0.2) is 40.1 Å². The summed E-state index contributed by atoms with van der Waals surface area (Å²) in [7, 11) is 0. The molecule has 1 aliphatic rings. The highest BCUT2D eigenvalue weighted by Gasteiger charge is 2.24. The summed E-state index contributed by atoms with van der Waals surface area (Å²) < 4.78 is 5.91. The number of nitrogens with one attached hydrogen (secondary N) is 1. The third-order valence-corrected chi connectivity index (χ3v) is 6.68. The second-order valence-corrected chi connectivity index (χ2v) is 8.73. The minimum atomic E-state index is -0.122. The first-order valence-electron chi connectivity index (χ1n) is 10.2. The van der Waals surface area contributed by atoms with E-state index in [2.05, 4.69) is 33.8 Å². The van der Waals surface area contributed by atoms with Crippen molar-refractivity contribution in [3.05, 3.63) is 57.5 Å². The highest BCUT2D eigenvalue weighted by Crippen LogP contribution is 2.29. The van der Waals surface area contributed by atoms with E-state index in [0.717, 1.165) is 35.2 Å². The Bertz CT molecular complexity index is 937. The first-order valence-corrected chi connectivity index (χ1v) is 11.1. The van der Waals surface area contributed by atoms with Gasteiger partial charge in [-0.1, -0.05) is 31.0 Å². The van der Waals surface area contributed by atoms with Gasteiger partial charge in [-0.3, -0.25) is 9.69 Å². The largest absolute Gasteiger partial charge is 0.451 e. The Labute approximate surface area is 170 Å². The molecule has 1 N–H and O–H groups in total. The number of furan rings is 1. The van der Waals surface area contributed by atoms with Gasteiger partial charge in [0.1, 0.15) is 5.58 Å². The smallest absolute Gasteiger partial charge is 0.287 e. The van der Waals surface area contributed by atoms with Crippen LogP contribution in [0.3, 0.4) is 0 Å². The molecule has 0 aliphatic carbocycles. The van der Waals surface area contributed by atoms with Gasteiger partial charge in [0, 0.05) is 22.4 Å². The van der Waals surface area contributed by atoms with Crippen molar-refractivity contribution in [1.29, 1.82) is 0 Å². The molecule has 2 aromatic heterocycles. The summed E-state index contributed by atoms with van der Waals surface area (Å²) in [5, 5.41) is 6.28. The van der Waals surface area contributed by atoms with Gasteiger partial charge in [0.25, 0.3) is 5.91 Å². The van der Waals surface area contributed by atoms with E-state index in [-0.39, 0.29) is 11.9 Å². The van der Waals surface area contributed by atoms with Crippen LogP contribution in [0.1, 0.15) is 58.3 Å². The van der Waals surface area contributed by atoms with E-state index in [1.807, 2.05) is 26.0 Å². The van der Waals surface area contributed by atoms with Crippen molar-refractivity contribution in [2.24, 2.45) is 0 Å². The van der Waals surface area contributed by atoms with E-state index in [1.54, 1.807) is 11.3 Å². The standard InChI is InChI=1S/C23H28N2O2S/c1-16-9-10-18-17(2)22(27-20(18)14-16)23(26)24-15-19(21-8-7-13-28-21)25-11-5-3-4-6-12-25/h7-10,13-14,19H,3-6,11-12,15H2,1-2H3,(H,24,26)/t19-/m1/s1. The van der Waals surface area contributed by atoms with Crippen molar-refractivity contribution in [3.63, 3.8) is 0 Å². The second-order valence-electron chi connectivity index (χ2n) is 7.75. The number of rotatable bonds is 5. The Kier molecular flexibility index (Phi) is 5.83. The molecule has 4 nitrogen and oxygen atoms in total. The lowest BCUT2D eigenvalue weighted by Gasteiger charge is -2.30. The van der Waals surface area contributed by atoms with E-state index >= 15 is 0 Å². The number of aryl methyl sites for hydroxylation is 2. The van der Waals surface area contributed by atoms with Gasteiger partial charge in [-0.2, -0.15) is 0 Å². The zero-order valence-electron chi connectivity index (χ0n) is 16.7. The number of hydrogen-bond donors (Lipinski definition) is 1. The average Bonchev–Trinajstić information content (AvgIpc) is 3.23. The van der Waals surface area contributed by atoms with E-state index in [1.165, 1.54) is 30.6 Å². The molecule has 1 aliphatic heterocycles. The predicted octanol–water partition coefficient (Wildman–Crippen LogP) is 5.46. The molecular formula is C23H28N2O2S. The molecule has 5 heteroatoms. The molecule has 0 saturated carbocycles. The molecule has 0 radical (unpaired) electrons. The molecule has 0 bridgehead atoms. The highest BCUT2D eigenvalue weighted by atomic mass is 32.1. The minimum Gasteiger partial charge on any atom is -0.451 e. The number of thiophene rings is 1. The molecule has 28 heavy (non-hydrogen) atoms. The summed E-state index contributed by atoms with van der Waals surface area (Å²) in [5.74, 6) is 0.309. The fourth-order valence-corrected chi connectivity index (χ4v) is 4.98. The van der Waals surface area contributed by atoms with Crippen LogP contribution in [0, 0.1) is 13.8 Å². The van der Waals surface area contributed by atoms with Crippen molar-refractivity contribution in [2.75, 3.05) is 19.6 Å². The Morgan fingerprint density at radius 1 is 1.18 bits per heavy atom. The molecule has 3 heterocycles. The summed E-state index contributed by atoms with van der Waals surface area (Å²) in [6, 6.07) is 10.6. The van der Waals surface area contributed by atoms with Crippen LogP contribution in [0.25, 0.3) is 11.0 Å². The van der Waals surface area contributed by atoms with Gasteiger partial charge in [-0.15, -0.1) is 11.3 Å².